The van der Waals surface area contributed by atoms with Gasteiger partial charge in [0.25, 0.3) is 5.69 Å². The first kappa shape index (κ1) is 17.6. The first-order valence-corrected chi connectivity index (χ1v) is 6.74. The Hall–Kier alpha value is -2.48. The fourth-order valence-corrected chi connectivity index (χ4v) is 1.84. The summed E-state index contributed by atoms with van der Waals surface area (Å²) in [6.45, 7) is 3.39. The molecule has 0 spiro atoms. The zero-order chi connectivity index (χ0) is 16.7. The van der Waals surface area contributed by atoms with Crippen LogP contribution in [0.4, 0.5) is 5.69 Å². The predicted octanol–water partition coefficient (Wildman–Crippen LogP) is 1.13. The second-order valence-corrected chi connectivity index (χ2v) is 4.66. The Balaban J connectivity index is 2.73. The third-order valence-corrected chi connectivity index (χ3v) is 2.98. The van der Waals surface area contributed by atoms with Gasteiger partial charge >= 0.3 is 11.9 Å². The molecule has 0 heterocycles. The summed E-state index contributed by atoms with van der Waals surface area (Å²) >= 11 is 0. The second kappa shape index (κ2) is 8.08. The largest absolute Gasteiger partial charge is 0.480 e. The highest BCUT2D eigenvalue weighted by molar-refractivity contribution is 5.78. The molecule has 0 fully saturated rings. The topological polar surface area (TPSA) is 119 Å². The summed E-state index contributed by atoms with van der Waals surface area (Å²) in [5.74, 6) is -1.65. The maximum atomic E-state index is 11.5. The Morgan fingerprint density at radius 3 is 2.41 bits per heavy atom. The van der Waals surface area contributed by atoms with E-state index in [4.69, 9.17) is 4.74 Å². The van der Waals surface area contributed by atoms with Crippen LogP contribution in [0.2, 0.25) is 0 Å². The van der Waals surface area contributed by atoms with E-state index in [1.165, 1.54) is 31.2 Å². The number of hydrogen-bond donors (Lipinski definition) is 2. The average molecular weight is 310 g/mol. The lowest BCUT2D eigenvalue weighted by Gasteiger charge is -2.19. The van der Waals surface area contributed by atoms with Crippen LogP contribution in [-0.4, -0.2) is 40.7 Å². The molecule has 22 heavy (non-hydrogen) atoms. The lowest BCUT2D eigenvalue weighted by Crippen LogP contribution is -2.47. The van der Waals surface area contributed by atoms with E-state index in [0.29, 0.717) is 5.56 Å². The number of esters is 1. The van der Waals surface area contributed by atoms with Crippen LogP contribution in [0, 0.1) is 10.1 Å². The number of carbonyl (C=O) groups excluding carboxylic acids is 1. The number of nitrogens with one attached hydrogen (secondary N) is 1. The fraction of sp³-hybridized carbons (Fsp3) is 0.429. The van der Waals surface area contributed by atoms with Gasteiger partial charge in [0.15, 0.2) is 0 Å². The molecule has 2 N–H and O–H groups in total. The number of hydrogen-bond acceptors (Lipinski definition) is 6. The van der Waals surface area contributed by atoms with E-state index in [0.717, 1.165) is 0 Å². The molecule has 1 rings (SSSR count). The molecule has 8 heteroatoms. The van der Waals surface area contributed by atoms with E-state index in [1.807, 2.05) is 0 Å². The number of nitro groups is 1. The predicted molar refractivity (Wildman–Crippen MR) is 77.5 cm³/mol. The Morgan fingerprint density at radius 2 is 1.95 bits per heavy atom. The summed E-state index contributed by atoms with van der Waals surface area (Å²) in [7, 11) is 0. The zero-order valence-corrected chi connectivity index (χ0v) is 12.3. The van der Waals surface area contributed by atoms with Gasteiger partial charge in [-0.2, -0.15) is 0 Å². The first-order valence-electron chi connectivity index (χ1n) is 6.74. The summed E-state index contributed by atoms with van der Waals surface area (Å²) in [4.78, 5) is 32.8. The van der Waals surface area contributed by atoms with Crippen LogP contribution in [-0.2, 0) is 20.7 Å². The van der Waals surface area contributed by atoms with Crippen molar-refractivity contribution in [3.8, 4) is 0 Å². The molecular formula is C14H18N2O6. The quantitative estimate of drug-likeness (QED) is 0.419. The average Bonchev–Trinajstić information content (AvgIpc) is 2.47. The summed E-state index contributed by atoms with van der Waals surface area (Å²) in [6.07, 6.45) is 0.0943. The molecule has 0 radical (unpaired) electrons. The minimum atomic E-state index is -1.12. The smallest absolute Gasteiger partial charge is 0.322 e. The van der Waals surface area contributed by atoms with E-state index in [9.17, 15) is 24.8 Å². The number of carboxylic acid groups (broad SMARTS) is 1. The molecule has 0 aromatic heterocycles. The number of ether oxygens (including phenoxy) is 1. The van der Waals surface area contributed by atoms with Gasteiger partial charge in [-0.05, 0) is 25.8 Å². The van der Waals surface area contributed by atoms with Crippen molar-refractivity contribution >= 4 is 17.6 Å². The summed E-state index contributed by atoms with van der Waals surface area (Å²) in [5.41, 5.74) is 0.546. The summed E-state index contributed by atoms with van der Waals surface area (Å²) in [6, 6.07) is 3.83. The Labute approximate surface area is 127 Å². The molecule has 0 saturated carbocycles. The number of nitro benzene ring substituents is 1. The number of benzene rings is 1. The van der Waals surface area contributed by atoms with Crippen LogP contribution < -0.4 is 5.32 Å². The maximum absolute atomic E-state index is 11.5. The van der Waals surface area contributed by atoms with Gasteiger partial charge in [0, 0.05) is 12.1 Å². The number of rotatable bonds is 8. The van der Waals surface area contributed by atoms with E-state index >= 15 is 0 Å². The van der Waals surface area contributed by atoms with Crippen molar-refractivity contribution in [3.05, 3.63) is 39.9 Å². The molecule has 0 aliphatic heterocycles. The van der Waals surface area contributed by atoms with Crippen molar-refractivity contribution in [2.24, 2.45) is 0 Å². The van der Waals surface area contributed by atoms with Gasteiger partial charge in [0.2, 0.25) is 0 Å². The van der Waals surface area contributed by atoms with Crippen molar-refractivity contribution in [1.29, 1.82) is 0 Å². The van der Waals surface area contributed by atoms with Crippen molar-refractivity contribution < 1.29 is 24.4 Å². The Bertz CT molecular complexity index is 543. The molecule has 0 aliphatic carbocycles. The van der Waals surface area contributed by atoms with Crippen LogP contribution in [0.1, 0.15) is 19.4 Å². The molecule has 0 bridgehead atoms. The maximum Gasteiger partial charge on any atom is 0.322 e. The highest BCUT2D eigenvalue weighted by Crippen LogP contribution is 2.13. The van der Waals surface area contributed by atoms with Crippen LogP contribution in [0.3, 0.4) is 0 Å². The number of aliphatic carboxylic acids is 1. The van der Waals surface area contributed by atoms with Crippen LogP contribution in [0.15, 0.2) is 24.3 Å². The van der Waals surface area contributed by atoms with Crippen molar-refractivity contribution in [2.45, 2.75) is 32.4 Å². The van der Waals surface area contributed by atoms with Gasteiger partial charge in [-0.15, -0.1) is 0 Å². The number of nitrogens with zero attached hydrogens (tertiary/aromatic N) is 1. The number of non-ortho nitro benzene ring substituents is 1. The highest BCUT2D eigenvalue weighted by Gasteiger charge is 2.24. The highest BCUT2D eigenvalue weighted by atomic mass is 16.6. The Kier molecular flexibility index (Phi) is 6.46. The molecular weight excluding hydrogens is 292 g/mol. The van der Waals surface area contributed by atoms with Crippen LogP contribution in [0.25, 0.3) is 0 Å². The normalized spacial score (nSPS) is 13.2. The van der Waals surface area contributed by atoms with Gasteiger partial charge in [-0.3, -0.25) is 25.0 Å². The molecule has 1 aromatic carbocycles. The first-order chi connectivity index (χ1) is 10.3. The van der Waals surface area contributed by atoms with Gasteiger partial charge < -0.3 is 9.84 Å². The number of carbonyl (C=O) groups is 2. The molecule has 2 atom stereocenters. The molecule has 1 aromatic rings. The van der Waals surface area contributed by atoms with E-state index < -0.39 is 28.9 Å². The molecule has 120 valence electrons. The van der Waals surface area contributed by atoms with Crippen LogP contribution >= 0.6 is 0 Å². The van der Waals surface area contributed by atoms with Gasteiger partial charge in [-0.1, -0.05) is 12.1 Å². The second-order valence-electron chi connectivity index (χ2n) is 4.66. The molecule has 0 unspecified atom stereocenters. The Morgan fingerprint density at radius 1 is 1.36 bits per heavy atom. The molecule has 8 nitrogen and oxygen atoms in total. The van der Waals surface area contributed by atoms with E-state index in [1.54, 1.807) is 6.92 Å². The van der Waals surface area contributed by atoms with Crippen molar-refractivity contribution in [3.63, 3.8) is 0 Å². The lowest BCUT2D eigenvalue weighted by atomic mass is 10.0. The van der Waals surface area contributed by atoms with Gasteiger partial charge in [0.05, 0.1) is 11.5 Å². The van der Waals surface area contributed by atoms with Crippen molar-refractivity contribution in [2.75, 3.05) is 6.61 Å². The van der Waals surface area contributed by atoms with Gasteiger partial charge in [-0.25, -0.2) is 0 Å². The number of carboxylic acids is 1. The molecule has 0 saturated heterocycles. The third kappa shape index (κ3) is 5.13. The zero-order valence-electron chi connectivity index (χ0n) is 12.3. The van der Waals surface area contributed by atoms with Crippen molar-refractivity contribution in [1.82, 2.24) is 5.32 Å². The van der Waals surface area contributed by atoms with E-state index in [-0.39, 0.29) is 18.7 Å². The standard InChI is InChI=1S/C14H18N2O6/c1-3-22-14(19)9(2)15-12(13(17)18)8-10-4-6-11(7-5-10)16(20)21/h4-7,9,12,15H,3,8H2,1-2H3,(H,17,18)/t9-,12-/m0/s1. The minimum absolute atomic E-state index is 0.0662. The lowest BCUT2D eigenvalue weighted by molar-refractivity contribution is -0.384. The van der Waals surface area contributed by atoms with Gasteiger partial charge in [0.1, 0.15) is 12.1 Å². The minimum Gasteiger partial charge on any atom is -0.480 e. The van der Waals surface area contributed by atoms with Crippen LogP contribution in [0.5, 0.6) is 0 Å². The fourth-order valence-electron chi connectivity index (χ4n) is 1.84. The third-order valence-electron chi connectivity index (χ3n) is 2.98. The summed E-state index contributed by atoms with van der Waals surface area (Å²) in [5, 5.41) is 22.5. The van der Waals surface area contributed by atoms with E-state index in [2.05, 4.69) is 5.32 Å². The molecule has 0 amide bonds. The SMILES string of the molecule is CCOC(=O)[C@H](C)N[C@@H](Cc1ccc([N+](=O)[O-])cc1)C(=O)O. The molecule has 0 aliphatic rings. The monoisotopic (exact) mass is 310 g/mol. The summed E-state index contributed by atoms with van der Waals surface area (Å²) < 4.78 is 4.81.